The average Bonchev–Trinajstić information content (AvgIpc) is 2.99. The molecule has 0 aromatic heterocycles. The number of nitro groups is 1. The molecular formula is C28H37N7O8S. The second kappa shape index (κ2) is 19.4. The number of nitrogens with two attached hydrogens (primary N) is 1. The number of amides is 3. The summed E-state index contributed by atoms with van der Waals surface area (Å²) < 4.78 is 5.29. The number of carbonyl (C=O) groups is 4. The maximum absolute atomic E-state index is 13.4. The maximum atomic E-state index is 13.4. The molecule has 0 unspecified atom stereocenters. The first-order valence-electron chi connectivity index (χ1n) is 13.6. The van der Waals surface area contributed by atoms with Gasteiger partial charge in [0.2, 0.25) is 11.8 Å². The van der Waals surface area contributed by atoms with Gasteiger partial charge in [0.05, 0.1) is 0 Å². The Balaban J connectivity index is 2.08. The summed E-state index contributed by atoms with van der Waals surface area (Å²) in [5.41, 5.74) is 6.86. The fourth-order valence-corrected chi connectivity index (χ4v) is 4.39. The van der Waals surface area contributed by atoms with E-state index in [1.807, 2.05) is 18.4 Å². The highest BCUT2D eigenvalue weighted by Crippen LogP contribution is 2.08. The summed E-state index contributed by atoms with van der Waals surface area (Å²) in [5.74, 6) is -2.63. The molecule has 44 heavy (non-hydrogen) atoms. The topological polar surface area (TPSA) is 227 Å². The van der Waals surface area contributed by atoms with Gasteiger partial charge in [-0.2, -0.15) is 11.8 Å². The summed E-state index contributed by atoms with van der Waals surface area (Å²) in [6.45, 7) is 0.0645. The zero-order valence-electron chi connectivity index (χ0n) is 24.1. The fourth-order valence-electron chi connectivity index (χ4n) is 3.92. The van der Waals surface area contributed by atoms with E-state index in [2.05, 4.69) is 26.4 Å². The summed E-state index contributed by atoms with van der Waals surface area (Å²) in [4.78, 5) is 61.5. The highest BCUT2D eigenvalue weighted by molar-refractivity contribution is 7.98. The Bertz CT molecular complexity index is 1270. The number of thioether (sulfide) groups is 1. The van der Waals surface area contributed by atoms with Crippen molar-refractivity contribution in [1.82, 2.24) is 21.3 Å². The molecule has 3 atom stereocenters. The minimum absolute atomic E-state index is 0.00762. The van der Waals surface area contributed by atoms with Gasteiger partial charge < -0.3 is 36.8 Å². The van der Waals surface area contributed by atoms with Crippen molar-refractivity contribution in [1.29, 1.82) is 0 Å². The number of ether oxygens (including phenoxy) is 1. The molecule has 7 N–H and O–H groups in total. The molecule has 0 aliphatic heterocycles. The van der Waals surface area contributed by atoms with Gasteiger partial charge in [0.1, 0.15) is 29.8 Å². The zero-order chi connectivity index (χ0) is 32.3. The summed E-state index contributed by atoms with van der Waals surface area (Å²) >= 11 is 1.43. The molecule has 15 nitrogen and oxygen atoms in total. The lowest BCUT2D eigenvalue weighted by atomic mass is 10.0. The van der Waals surface area contributed by atoms with Crippen molar-refractivity contribution in [3.8, 4) is 0 Å². The Morgan fingerprint density at radius 2 is 1.52 bits per heavy atom. The summed E-state index contributed by atoms with van der Waals surface area (Å²) in [6, 6.07) is 14.5. The molecule has 3 amide bonds. The van der Waals surface area contributed by atoms with E-state index in [1.54, 1.807) is 48.5 Å². The van der Waals surface area contributed by atoms with E-state index in [0.29, 0.717) is 5.75 Å². The van der Waals surface area contributed by atoms with Gasteiger partial charge in [0.25, 0.3) is 5.96 Å². The Kier molecular flexibility index (Phi) is 15.5. The molecule has 0 saturated heterocycles. The number of benzene rings is 2. The van der Waals surface area contributed by atoms with Gasteiger partial charge in [-0.25, -0.2) is 19.7 Å². The number of hydrazone groups is 1. The van der Waals surface area contributed by atoms with Crippen molar-refractivity contribution in [3.63, 3.8) is 0 Å². The molecule has 0 radical (unpaired) electrons. The highest BCUT2D eigenvalue weighted by atomic mass is 32.2. The molecule has 16 heteroatoms. The normalized spacial score (nSPS) is 13.1. The molecule has 2 aromatic carbocycles. The molecule has 0 fully saturated rings. The van der Waals surface area contributed by atoms with Crippen LogP contribution in [-0.2, 0) is 32.1 Å². The number of guanidine groups is 1. The van der Waals surface area contributed by atoms with Gasteiger partial charge in [-0.15, -0.1) is 0 Å². The van der Waals surface area contributed by atoms with Crippen molar-refractivity contribution >= 4 is 41.6 Å². The van der Waals surface area contributed by atoms with Crippen LogP contribution in [-0.4, -0.2) is 76.7 Å². The van der Waals surface area contributed by atoms with Crippen LogP contribution in [0, 0.1) is 10.1 Å². The molecule has 0 saturated carbocycles. The lowest BCUT2D eigenvalue weighted by Crippen LogP contribution is -2.56. The van der Waals surface area contributed by atoms with E-state index in [9.17, 15) is 34.4 Å². The molecule has 0 heterocycles. The van der Waals surface area contributed by atoms with E-state index in [0.717, 1.165) is 11.1 Å². The van der Waals surface area contributed by atoms with Gasteiger partial charge in [-0.05, 0) is 42.4 Å². The Hall–Kier alpha value is -4.86. The van der Waals surface area contributed by atoms with Crippen LogP contribution < -0.4 is 27.0 Å². The van der Waals surface area contributed by atoms with Crippen LogP contribution >= 0.6 is 11.8 Å². The molecule has 0 aliphatic carbocycles. The number of alkyl carbamates (subject to hydrolysis) is 1. The smallest absolute Gasteiger partial charge is 0.408 e. The van der Waals surface area contributed by atoms with Crippen molar-refractivity contribution in [2.24, 2.45) is 10.8 Å². The van der Waals surface area contributed by atoms with Crippen molar-refractivity contribution < 1.29 is 34.1 Å². The Morgan fingerprint density at radius 1 is 0.932 bits per heavy atom. The number of rotatable bonds is 18. The average molecular weight is 632 g/mol. The van der Waals surface area contributed by atoms with Gasteiger partial charge in [-0.3, -0.25) is 9.59 Å². The number of hydrogen-bond acceptors (Lipinski definition) is 8. The van der Waals surface area contributed by atoms with E-state index in [-0.39, 0.29) is 38.8 Å². The molecule has 0 aliphatic rings. The number of carboxylic acids is 1. The van der Waals surface area contributed by atoms with Crippen LogP contribution in [0.3, 0.4) is 0 Å². The third-order valence-electron chi connectivity index (χ3n) is 6.13. The standard InChI is InChI=1S/C28H37N7O8S/c1-44-16-14-21(24(36)32-22(26(38)39)13-8-15-30-27(29)34-35(41)42)31-25(37)23(17-19-9-4-2-5-10-19)33-28(40)43-18-20-11-6-3-7-12-20/h2-7,9-12,21-23H,8,13-18H2,1H3,(H,31,37)(H,32,36)(H,33,40)(H,38,39)(H3,29,30,34)/t21-,22+,23+/m1/s1. The van der Waals surface area contributed by atoms with Gasteiger partial charge in [0, 0.05) is 13.0 Å². The second-order valence-corrected chi connectivity index (χ2v) is 10.5. The zero-order valence-corrected chi connectivity index (χ0v) is 25.0. The molecule has 2 rings (SSSR count). The lowest BCUT2D eigenvalue weighted by molar-refractivity contribution is -0.485. The minimum atomic E-state index is -1.31. The Labute approximate surface area is 258 Å². The quantitative estimate of drug-likeness (QED) is 0.0450. The SMILES string of the molecule is CSCC[C@@H](NC(=O)[C@H](Cc1ccccc1)NC(=O)OCc1ccccc1)C(=O)N[C@@H](CCCN/C(N)=N/[N+](=O)[O-])C(=O)O. The maximum Gasteiger partial charge on any atom is 0.408 e. The number of aliphatic carboxylic acids is 1. The monoisotopic (exact) mass is 631 g/mol. The number of nitrogens with zero attached hydrogens (tertiary/aromatic N) is 2. The Morgan fingerprint density at radius 3 is 2.11 bits per heavy atom. The number of carbonyl (C=O) groups excluding carboxylic acids is 3. The highest BCUT2D eigenvalue weighted by Gasteiger charge is 2.29. The van der Waals surface area contributed by atoms with Crippen LogP contribution in [0.15, 0.2) is 65.8 Å². The molecule has 0 bridgehead atoms. The van der Waals surface area contributed by atoms with Crippen LogP contribution in [0.2, 0.25) is 0 Å². The van der Waals surface area contributed by atoms with Crippen molar-refractivity contribution in [2.45, 2.75) is 50.4 Å². The van der Waals surface area contributed by atoms with Gasteiger partial charge in [0.15, 0.2) is 5.03 Å². The van der Waals surface area contributed by atoms with Gasteiger partial charge in [-0.1, -0.05) is 60.7 Å². The first-order chi connectivity index (χ1) is 21.1. The minimum Gasteiger partial charge on any atom is -0.480 e. The van der Waals surface area contributed by atoms with E-state index < -0.39 is 53.0 Å². The van der Waals surface area contributed by atoms with Crippen molar-refractivity contribution in [2.75, 3.05) is 18.6 Å². The summed E-state index contributed by atoms with van der Waals surface area (Å²) in [7, 11) is 0. The van der Waals surface area contributed by atoms with Gasteiger partial charge >= 0.3 is 12.1 Å². The first kappa shape index (κ1) is 35.3. The lowest BCUT2D eigenvalue weighted by Gasteiger charge is -2.24. The fraction of sp³-hybridized carbons (Fsp3) is 0.393. The van der Waals surface area contributed by atoms with E-state index in [4.69, 9.17) is 10.5 Å². The third kappa shape index (κ3) is 13.9. The summed E-state index contributed by atoms with van der Waals surface area (Å²) in [5, 5.41) is 32.1. The first-order valence-corrected chi connectivity index (χ1v) is 15.0. The molecule has 238 valence electrons. The van der Waals surface area contributed by atoms with Crippen LogP contribution in [0.4, 0.5) is 4.79 Å². The van der Waals surface area contributed by atoms with Crippen LogP contribution in [0.25, 0.3) is 0 Å². The molecule has 0 spiro atoms. The second-order valence-electron chi connectivity index (χ2n) is 9.48. The van der Waals surface area contributed by atoms with Crippen LogP contribution in [0.1, 0.15) is 30.4 Å². The number of hydrogen-bond donors (Lipinski definition) is 6. The number of nitrogens with one attached hydrogen (secondary N) is 4. The largest absolute Gasteiger partial charge is 0.480 e. The van der Waals surface area contributed by atoms with E-state index in [1.165, 1.54) is 11.8 Å². The van der Waals surface area contributed by atoms with Crippen molar-refractivity contribution in [3.05, 3.63) is 81.9 Å². The number of carboxylic acid groups (broad SMARTS) is 1. The third-order valence-corrected chi connectivity index (χ3v) is 6.77. The van der Waals surface area contributed by atoms with E-state index >= 15 is 0 Å². The summed E-state index contributed by atoms with van der Waals surface area (Å²) in [6.07, 6.45) is 1.45. The predicted octanol–water partition coefficient (Wildman–Crippen LogP) is 1.21. The predicted molar refractivity (Wildman–Crippen MR) is 164 cm³/mol. The molecular weight excluding hydrogens is 594 g/mol. The molecule has 2 aromatic rings. The van der Waals surface area contributed by atoms with Crippen LogP contribution in [0.5, 0.6) is 0 Å².